The summed E-state index contributed by atoms with van der Waals surface area (Å²) in [6.45, 7) is 6.88. The lowest BCUT2D eigenvalue weighted by atomic mass is 9.82. The number of hydrogen-bond donors (Lipinski definition) is 0. The molecular weight excluding hydrogens is 410 g/mol. The van der Waals surface area contributed by atoms with E-state index in [4.69, 9.17) is 16.6 Å². The van der Waals surface area contributed by atoms with Gasteiger partial charge in [-0.05, 0) is 71.2 Å². The molecule has 0 aliphatic heterocycles. The van der Waals surface area contributed by atoms with Gasteiger partial charge in [-0.1, -0.05) is 99.1 Å². The third kappa shape index (κ3) is 5.66. The summed E-state index contributed by atoms with van der Waals surface area (Å²) < 4.78 is 0. The van der Waals surface area contributed by atoms with Crippen LogP contribution in [0, 0.1) is 0 Å². The van der Waals surface area contributed by atoms with E-state index in [1.165, 1.54) is 22.3 Å². The first-order chi connectivity index (χ1) is 15.4. The first-order valence-corrected chi connectivity index (χ1v) is 11.7. The molecule has 32 heavy (non-hydrogen) atoms. The zero-order chi connectivity index (χ0) is 22.6. The average Bonchev–Trinajstić information content (AvgIpc) is 2.77. The monoisotopic (exact) mass is 439 g/mol. The van der Waals surface area contributed by atoms with Gasteiger partial charge in [-0.2, -0.15) is 0 Å². The third-order valence-electron chi connectivity index (χ3n) is 5.81. The third-order valence-corrected chi connectivity index (χ3v) is 6.05. The summed E-state index contributed by atoms with van der Waals surface area (Å²) in [6, 6.07) is 27.6. The highest BCUT2D eigenvalue weighted by Gasteiger charge is 2.16. The lowest BCUT2D eigenvalue weighted by Gasteiger charge is -2.23. The van der Waals surface area contributed by atoms with Crippen molar-refractivity contribution in [3.05, 3.63) is 112 Å². The Hall–Kier alpha value is -2.90. The fraction of sp³-hybridized carbons (Fsp3) is 0.233. The highest BCUT2D eigenvalue weighted by atomic mass is 35.5. The minimum atomic E-state index is 0.184. The number of aryl methyl sites for hydroxylation is 2. The van der Waals surface area contributed by atoms with Crippen LogP contribution in [0.2, 0.25) is 5.02 Å². The Morgan fingerprint density at radius 2 is 1.62 bits per heavy atom. The second-order valence-electron chi connectivity index (χ2n) is 9.41. The van der Waals surface area contributed by atoms with E-state index in [0.29, 0.717) is 5.02 Å². The Morgan fingerprint density at radius 1 is 0.812 bits per heavy atom. The standard InChI is InChI=1S/C30H30ClN/c1-30(2,3)28-13-5-4-11-24(28)12-7-10-22-8-6-9-23(20-22)14-18-27-19-16-25-15-17-26(31)21-29(25)32-27/h4-6,8-9,11,13-21H,7,10,12H2,1-3H3. The van der Waals surface area contributed by atoms with Crippen molar-refractivity contribution < 1.29 is 0 Å². The van der Waals surface area contributed by atoms with Gasteiger partial charge in [0.15, 0.2) is 0 Å². The number of halogens is 1. The number of benzene rings is 3. The quantitative estimate of drug-likeness (QED) is 0.293. The van der Waals surface area contributed by atoms with Crippen LogP contribution in [0.4, 0.5) is 0 Å². The predicted molar refractivity (Wildman–Crippen MR) is 139 cm³/mol. The van der Waals surface area contributed by atoms with E-state index in [1.807, 2.05) is 24.3 Å². The van der Waals surface area contributed by atoms with Crippen LogP contribution >= 0.6 is 11.6 Å². The van der Waals surface area contributed by atoms with Crippen molar-refractivity contribution in [2.24, 2.45) is 0 Å². The molecule has 0 bridgehead atoms. The number of rotatable bonds is 6. The van der Waals surface area contributed by atoms with Gasteiger partial charge in [0.2, 0.25) is 0 Å². The molecule has 0 spiro atoms. The molecule has 1 heterocycles. The first kappa shape index (κ1) is 22.3. The summed E-state index contributed by atoms with van der Waals surface area (Å²) >= 11 is 6.11. The average molecular weight is 440 g/mol. The largest absolute Gasteiger partial charge is 0.248 e. The van der Waals surface area contributed by atoms with E-state index in [0.717, 1.165) is 35.9 Å². The Kier molecular flexibility index (Phi) is 6.77. The predicted octanol–water partition coefficient (Wildman–Crippen LogP) is 8.53. The van der Waals surface area contributed by atoms with Gasteiger partial charge in [0, 0.05) is 10.4 Å². The van der Waals surface area contributed by atoms with Crippen LogP contribution in [0.1, 0.15) is 55.1 Å². The van der Waals surface area contributed by atoms with Gasteiger partial charge in [0.1, 0.15) is 0 Å². The molecule has 0 aliphatic rings. The van der Waals surface area contributed by atoms with Crippen molar-refractivity contribution in [3.8, 4) is 0 Å². The van der Waals surface area contributed by atoms with Crippen molar-refractivity contribution in [3.63, 3.8) is 0 Å². The normalized spacial score (nSPS) is 12.0. The molecule has 1 nitrogen and oxygen atoms in total. The molecule has 0 amide bonds. The summed E-state index contributed by atoms with van der Waals surface area (Å²) in [6.07, 6.45) is 7.54. The molecular formula is C30H30ClN. The second-order valence-corrected chi connectivity index (χ2v) is 9.85. The van der Waals surface area contributed by atoms with Crippen molar-refractivity contribution in [1.29, 1.82) is 0 Å². The topological polar surface area (TPSA) is 12.9 Å². The Labute approximate surface area is 196 Å². The molecule has 0 N–H and O–H groups in total. The molecule has 3 aromatic carbocycles. The van der Waals surface area contributed by atoms with Crippen molar-refractivity contribution in [2.45, 2.75) is 45.4 Å². The molecule has 0 unspecified atom stereocenters. The van der Waals surface area contributed by atoms with Crippen LogP contribution in [-0.4, -0.2) is 4.98 Å². The van der Waals surface area contributed by atoms with E-state index < -0.39 is 0 Å². The Morgan fingerprint density at radius 3 is 2.47 bits per heavy atom. The van der Waals surface area contributed by atoms with Crippen LogP contribution in [0.25, 0.3) is 23.1 Å². The number of aromatic nitrogens is 1. The minimum absolute atomic E-state index is 0.184. The zero-order valence-corrected chi connectivity index (χ0v) is 19.9. The highest BCUT2D eigenvalue weighted by Crippen LogP contribution is 2.27. The summed E-state index contributed by atoms with van der Waals surface area (Å²) in [7, 11) is 0. The summed E-state index contributed by atoms with van der Waals surface area (Å²) in [5.74, 6) is 0. The molecule has 0 fully saturated rings. The van der Waals surface area contributed by atoms with E-state index in [9.17, 15) is 0 Å². The van der Waals surface area contributed by atoms with E-state index in [2.05, 4.69) is 87.5 Å². The first-order valence-electron chi connectivity index (χ1n) is 11.3. The maximum Gasteiger partial charge on any atom is 0.0724 e. The fourth-order valence-corrected chi connectivity index (χ4v) is 4.35. The summed E-state index contributed by atoms with van der Waals surface area (Å²) in [5, 5.41) is 1.81. The van der Waals surface area contributed by atoms with Gasteiger partial charge in [-0.15, -0.1) is 0 Å². The molecule has 0 aliphatic carbocycles. The highest BCUT2D eigenvalue weighted by molar-refractivity contribution is 6.31. The minimum Gasteiger partial charge on any atom is -0.248 e. The summed E-state index contributed by atoms with van der Waals surface area (Å²) in [5.41, 5.74) is 7.54. The van der Waals surface area contributed by atoms with Crippen LogP contribution < -0.4 is 0 Å². The molecule has 162 valence electrons. The van der Waals surface area contributed by atoms with E-state index in [-0.39, 0.29) is 5.41 Å². The molecule has 2 heteroatoms. The number of nitrogens with zero attached hydrogens (tertiary/aromatic N) is 1. The molecule has 4 aromatic rings. The maximum absolute atomic E-state index is 6.11. The van der Waals surface area contributed by atoms with Gasteiger partial charge in [0.25, 0.3) is 0 Å². The van der Waals surface area contributed by atoms with Gasteiger partial charge >= 0.3 is 0 Å². The summed E-state index contributed by atoms with van der Waals surface area (Å²) in [4.78, 5) is 4.71. The number of fused-ring (bicyclic) bond motifs is 1. The maximum atomic E-state index is 6.11. The van der Waals surface area contributed by atoms with Gasteiger partial charge in [0.05, 0.1) is 11.2 Å². The Balaban J connectivity index is 1.42. The molecule has 0 atom stereocenters. The van der Waals surface area contributed by atoms with Gasteiger partial charge in [-0.25, -0.2) is 4.98 Å². The smallest absolute Gasteiger partial charge is 0.0724 e. The molecule has 0 saturated heterocycles. The van der Waals surface area contributed by atoms with Crippen LogP contribution in [-0.2, 0) is 18.3 Å². The van der Waals surface area contributed by atoms with E-state index >= 15 is 0 Å². The zero-order valence-electron chi connectivity index (χ0n) is 19.1. The van der Waals surface area contributed by atoms with Gasteiger partial charge in [-0.3, -0.25) is 0 Å². The van der Waals surface area contributed by atoms with Crippen LogP contribution in [0.5, 0.6) is 0 Å². The van der Waals surface area contributed by atoms with Crippen molar-refractivity contribution in [1.82, 2.24) is 4.98 Å². The van der Waals surface area contributed by atoms with Gasteiger partial charge < -0.3 is 0 Å². The SMILES string of the molecule is CC(C)(C)c1ccccc1CCCc1cccc(C=Cc2ccc3ccc(Cl)cc3n2)c1. The number of hydrogen-bond acceptors (Lipinski definition) is 1. The Bertz CT molecular complexity index is 1250. The lowest BCUT2D eigenvalue weighted by Crippen LogP contribution is -2.14. The molecule has 0 saturated carbocycles. The van der Waals surface area contributed by atoms with Crippen LogP contribution in [0.3, 0.4) is 0 Å². The molecule has 1 aromatic heterocycles. The van der Waals surface area contributed by atoms with Crippen LogP contribution in [0.15, 0.2) is 78.9 Å². The fourth-order valence-electron chi connectivity index (χ4n) is 4.19. The van der Waals surface area contributed by atoms with E-state index in [1.54, 1.807) is 0 Å². The molecule has 0 radical (unpaired) electrons. The van der Waals surface area contributed by atoms with Crippen molar-refractivity contribution >= 4 is 34.7 Å². The number of pyridine rings is 1. The molecule has 4 rings (SSSR count). The second kappa shape index (κ2) is 9.71. The lowest BCUT2D eigenvalue weighted by molar-refractivity contribution is 0.580. The van der Waals surface area contributed by atoms with Crippen molar-refractivity contribution in [2.75, 3.05) is 0 Å².